The average molecular weight is 423 g/mol. The largest absolute Gasteiger partial charge is 0.481 e. The quantitative estimate of drug-likeness (QED) is 0.222. The molecule has 0 aromatic heterocycles. The van der Waals surface area contributed by atoms with Crippen LogP contribution in [0.2, 0.25) is 0 Å². The number of nitrogens with one attached hydrogen (secondary N) is 2. The van der Waals surface area contributed by atoms with Crippen LogP contribution in [-0.4, -0.2) is 110 Å². The highest BCUT2D eigenvalue weighted by Gasteiger charge is 2.28. The van der Waals surface area contributed by atoms with Crippen molar-refractivity contribution in [1.82, 2.24) is 25.3 Å². The Hall–Kier alpha value is -1.71. The molecule has 0 aliphatic carbocycles. The van der Waals surface area contributed by atoms with Crippen LogP contribution in [0.3, 0.4) is 0 Å². The number of aliphatic carboxylic acids is 1. The van der Waals surface area contributed by atoms with Crippen LogP contribution in [0, 0.1) is 0 Å². The molecule has 3 N–H and O–H groups in total. The van der Waals surface area contributed by atoms with Crippen LogP contribution in [0.4, 0.5) is 0 Å². The van der Waals surface area contributed by atoms with E-state index >= 15 is 0 Å². The third kappa shape index (κ3) is 9.56. The van der Waals surface area contributed by atoms with E-state index in [4.69, 9.17) is 5.11 Å². The van der Waals surface area contributed by atoms with Crippen molar-refractivity contribution in [3.05, 3.63) is 0 Å². The van der Waals surface area contributed by atoms with Gasteiger partial charge < -0.3 is 20.6 Å². The van der Waals surface area contributed by atoms with Gasteiger partial charge in [-0.3, -0.25) is 24.2 Å². The highest BCUT2D eigenvalue weighted by molar-refractivity contribution is 5.78. The monoisotopic (exact) mass is 423 g/mol. The molecule has 2 rings (SSSR count). The van der Waals surface area contributed by atoms with Gasteiger partial charge in [-0.05, 0) is 39.3 Å². The molecule has 0 radical (unpaired) electrons. The number of hydrogen-bond donors (Lipinski definition) is 3. The van der Waals surface area contributed by atoms with Gasteiger partial charge in [0.05, 0.1) is 6.54 Å². The number of piperazine rings is 1. The summed E-state index contributed by atoms with van der Waals surface area (Å²) >= 11 is 0. The van der Waals surface area contributed by atoms with Gasteiger partial charge in [0, 0.05) is 64.7 Å². The molecule has 9 heteroatoms. The second-order valence-corrected chi connectivity index (χ2v) is 8.17. The minimum Gasteiger partial charge on any atom is -0.481 e. The number of hydrogen-bond acceptors (Lipinski definition) is 6. The van der Waals surface area contributed by atoms with Crippen LogP contribution in [0.25, 0.3) is 0 Å². The van der Waals surface area contributed by atoms with E-state index in [1.807, 2.05) is 0 Å². The molecule has 0 spiro atoms. The molecule has 2 heterocycles. The van der Waals surface area contributed by atoms with E-state index in [0.29, 0.717) is 44.9 Å². The van der Waals surface area contributed by atoms with Crippen molar-refractivity contribution in [3.63, 3.8) is 0 Å². The lowest BCUT2D eigenvalue weighted by Gasteiger charge is -2.36. The summed E-state index contributed by atoms with van der Waals surface area (Å²) in [7, 11) is 2.16. The van der Waals surface area contributed by atoms with E-state index in [2.05, 4.69) is 32.4 Å². The highest BCUT2D eigenvalue weighted by atomic mass is 16.5. The van der Waals surface area contributed by atoms with Crippen LogP contribution in [0.1, 0.15) is 38.5 Å². The minimum absolute atomic E-state index is 0.0251. The molecule has 0 saturated carbocycles. The van der Waals surface area contributed by atoms with E-state index in [1.165, 1.54) is 0 Å². The first kappa shape index (κ1) is 23.6. The van der Waals surface area contributed by atoms with Crippen LogP contribution >= 0.6 is 0 Å². The number of likely N-dealkylation sites (N-methyl/N-ethyl adjacent to an activating group) is 1. The molecule has 9 nitrogen and oxygen atoms in total. The predicted molar refractivity (Wildman–Crippen MR) is 111 cm³/mol. The first-order chi connectivity index (χ1) is 13.9. The molecular formula is C20H37N5O4. The molecule has 166 valence electrons. The van der Waals surface area contributed by atoms with Crippen molar-refractivity contribution in [2.24, 2.45) is 0 Å². The topological polar surface area (TPSA) is 105 Å². The molecular weight excluding hydrogens is 386 g/mol. The smallest absolute Gasteiger partial charge is 0.303 e. The van der Waals surface area contributed by atoms with Gasteiger partial charge in [-0.2, -0.15) is 0 Å². The van der Waals surface area contributed by atoms with Crippen molar-refractivity contribution in [1.29, 1.82) is 0 Å². The van der Waals surface area contributed by atoms with Crippen molar-refractivity contribution in [2.75, 3.05) is 66.0 Å². The van der Waals surface area contributed by atoms with Gasteiger partial charge in [0.1, 0.15) is 0 Å². The molecule has 0 aromatic rings. The lowest BCUT2D eigenvalue weighted by atomic mass is 10.2. The van der Waals surface area contributed by atoms with Crippen molar-refractivity contribution in [2.45, 2.75) is 44.6 Å². The third-order valence-corrected chi connectivity index (χ3v) is 5.70. The Balaban J connectivity index is 1.55. The number of carboxylic acids is 1. The SMILES string of the molecule is C[15N]1CC[15N](CC2CCC[15N]2CC(=O)N[13CH2][13CH2][13CH2][13C](=O)[15NH][13CH2][13CH2][13CH2][13C](=O)O)CC1. The molecule has 2 aliphatic heterocycles. The van der Waals surface area contributed by atoms with Gasteiger partial charge in [0.25, 0.3) is 0 Å². The molecule has 1 atom stereocenters. The first-order valence-corrected chi connectivity index (χ1v) is 10.8. The Morgan fingerprint density at radius 1 is 0.931 bits per heavy atom. The molecule has 0 bridgehead atoms. The van der Waals surface area contributed by atoms with Gasteiger partial charge in [-0.1, -0.05) is 0 Å². The number of rotatable bonds is 12. The van der Waals surface area contributed by atoms with E-state index in [-0.39, 0.29) is 18.2 Å². The zero-order chi connectivity index (χ0) is 21.1. The summed E-state index contributed by atoms with van der Waals surface area (Å²) in [6.45, 7) is 7.74. The average Bonchev–Trinajstić information content (AvgIpc) is 3.10. The number of amides is 2. The standard InChI is InChI=1S/C20H37N5O4/c1-23-11-13-24(14-12-23)15-17-5-4-10-25(17)16-19(27)22-8-2-6-18(26)21-9-3-7-20(28)29/h17H,2-16H2,1H3,(H,21,26)(H,22,27)(H,28,29)/i2+1,3+1,6+1,7+1,8+1,9+1,18+1,20+1,21+1,23+1,24+1,25+1. The lowest BCUT2D eigenvalue weighted by molar-refractivity contribution is -0.137. The predicted octanol–water partition coefficient (Wildman–Crippen LogP) is -0.424. The number of carbonyl (C=O) groups is 3. The Kier molecular flexibility index (Phi) is 10.4. The summed E-state index contributed by atoms with van der Waals surface area (Å²) in [6, 6.07) is 0.459. The Labute approximate surface area is 173 Å². The Morgan fingerprint density at radius 2 is 1.59 bits per heavy atom. The number of nitrogens with zero attached hydrogens (tertiary/aromatic N) is 3. The van der Waals surface area contributed by atoms with Crippen LogP contribution in [-0.2, 0) is 14.4 Å². The highest BCUT2D eigenvalue weighted by Crippen LogP contribution is 2.18. The fraction of sp³-hybridized carbons (Fsp3) is 0.850. The number of carboxylic acid groups (broad SMARTS) is 1. The van der Waals surface area contributed by atoms with E-state index < -0.39 is 5.97 Å². The second-order valence-electron chi connectivity index (χ2n) is 8.17. The third-order valence-electron chi connectivity index (χ3n) is 5.70. The molecule has 1 unspecified atom stereocenters. The van der Waals surface area contributed by atoms with Gasteiger partial charge in [0.2, 0.25) is 11.8 Å². The Bertz CT molecular complexity index is 537. The maximum Gasteiger partial charge on any atom is 0.303 e. The van der Waals surface area contributed by atoms with Crippen LogP contribution in [0.5, 0.6) is 0 Å². The normalized spacial score (nSPS) is 21.2. The van der Waals surface area contributed by atoms with Crippen molar-refractivity contribution >= 4 is 17.8 Å². The first-order valence-electron chi connectivity index (χ1n) is 10.8. The Morgan fingerprint density at radius 3 is 2.28 bits per heavy atom. The summed E-state index contributed by atoms with van der Waals surface area (Å²) < 4.78 is 0. The maximum atomic E-state index is 12.3. The van der Waals surface area contributed by atoms with Gasteiger partial charge in [-0.25, -0.2) is 0 Å². The van der Waals surface area contributed by atoms with Gasteiger partial charge in [-0.15, -0.1) is 0 Å². The number of likely N-dealkylation sites (tertiary alicyclic amines) is 1. The van der Waals surface area contributed by atoms with E-state index in [9.17, 15) is 14.4 Å². The summed E-state index contributed by atoms with van der Waals surface area (Å²) in [5.74, 6) is -0.931. The fourth-order valence-electron chi connectivity index (χ4n) is 3.91. The van der Waals surface area contributed by atoms with Crippen molar-refractivity contribution in [3.8, 4) is 0 Å². The molecule has 0 aromatic carbocycles. The van der Waals surface area contributed by atoms with Crippen LogP contribution in [0.15, 0.2) is 0 Å². The fourth-order valence-corrected chi connectivity index (χ4v) is 3.91. The number of carbonyl (C=O) groups excluding carboxylic acids is 2. The van der Waals surface area contributed by atoms with Gasteiger partial charge >= 0.3 is 5.97 Å². The molecule has 29 heavy (non-hydrogen) atoms. The van der Waals surface area contributed by atoms with E-state index in [0.717, 1.165) is 52.1 Å². The second kappa shape index (κ2) is 12.8. The summed E-state index contributed by atoms with van der Waals surface area (Å²) in [5.41, 5.74) is 0. The van der Waals surface area contributed by atoms with Crippen LogP contribution < -0.4 is 10.6 Å². The molecule has 2 saturated heterocycles. The van der Waals surface area contributed by atoms with Crippen molar-refractivity contribution < 1.29 is 19.5 Å². The summed E-state index contributed by atoms with van der Waals surface area (Å²) in [5, 5.41) is 14.2. The zero-order valence-corrected chi connectivity index (χ0v) is 17.7. The zero-order valence-electron chi connectivity index (χ0n) is 17.7. The summed E-state index contributed by atoms with van der Waals surface area (Å²) in [6.07, 6.45) is 3.71. The van der Waals surface area contributed by atoms with Gasteiger partial charge in [0.15, 0.2) is 0 Å². The molecule has 2 fully saturated rings. The molecule has 2 amide bonds. The maximum absolute atomic E-state index is 12.3. The summed E-state index contributed by atoms with van der Waals surface area (Å²) in [4.78, 5) is 41.5. The van der Waals surface area contributed by atoms with E-state index in [1.54, 1.807) is 0 Å². The lowest BCUT2D eigenvalue weighted by Crippen LogP contribution is -2.50. The molecule has 2 aliphatic rings. The minimum atomic E-state index is -0.856.